The second kappa shape index (κ2) is 10.9. The molecule has 2 aliphatic heterocycles. The lowest BCUT2D eigenvalue weighted by Crippen LogP contribution is -2.31. The van der Waals surface area contributed by atoms with Gasteiger partial charge in [-0.15, -0.1) is 0 Å². The fourth-order valence-corrected chi connectivity index (χ4v) is 4.98. The molecule has 4 rings (SSSR count). The molecule has 2 aromatic rings. The third kappa shape index (κ3) is 6.12. The number of carboxylic acids is 1. The molecule has 0 atom stereocenters. The highest BCUT2D eigenvalue weighted by atomic mass is 16.5. The Hall–Kier alpha value is -3.42. The lowest BCUT2D eigenvalue weighted by atomic mass is 9.84. The second-order valence-electron chi connectivity index (χ2n) is 11.1. The number of carbonyl (C=O) groups is 2. The van der Waals surface area contributed by atoms with Crippen molar-refractivity contribution >= 4 is 23.3 Å². The van der Waals surface area contributed by atoms with Crippen molar-refractivity contribution in [1.82, 2.24) is 9.88 Å². The van der Waals surface area contributed by atoms with Crippen LogP contribution in [0.5, 0.6) is 5.75 Å². The number of aliphatic carboxylic acids is 1. The van der Waals surface area contributed by atoms with Crippen LogP contribution in [-0.2, 0) is 16.8 Å². The van der Waals surface area contributed by atoms with Crippen LogP contribution in [0.4, 0.5) is 5.69 Å². The molecular weight excluding hydrogens is 468 g/mol. The zero-order valence-electron chi connectivity index (χ0n) is 22.4. The monoisotopic (exact) mass is 506 g/mol. The summed E-state index contributed by atoms with van der Waals surface area (Å²) in [5, 5.41) is 17.5. The van der Waals surface area contributed by atoms with Gasteiger partial charge < -0.3 is 19.6 Å². The number of hydrogen-bond acceptors (Lipinski definition) is 6. The topological polar surface area (TPSA) is 107 Å². The Balaban J connectivity index is 1.61. The number of ether oxygens (including phenoxy) is 1. The number of fused-ring (bicyclic) bond motifs is 1. The first-order valence-corrected chi connectivity index (χ1v) is 13.2. The Bertz CT molecular complexity index is 1200. The van der Waals surface area contributed by atoms with Gasteiger partial charge in [-0.05, 0) is 56.2 Å². The maximum absolute atomic E-state index is 13.6. The fourth-order valence-electron chi connectivity index (χ4n) is 4.98. The quantitative estimate of drug-likeness (QED) is 0.347. The third-order valence-electron chi connectivity index (χ3n) is 7.03. The Labute approximate surface area is 219 Å². The van der Waals surface area contributed by atoms with E-state index in [1.807, 2.05) is 31.2 Å². The number of unbranched alkanes of at least 4 members (excludes halogenated alkanes) is 1. The van der Waals surface area contributed by atoms with Crippen molar-refractivity contribution in [3.05, 3.63) is 52.3 Å². The van der Waals surface area contributed by atoms with E-state index in [0.29, 0.717) is 43.1 Å². The van der Waals surface area contributed by atoms with Crippen molar-refractivity contribution in [2.24, 2.45) is 0 Å². The number of carboxylic acid groups (broad SMARTS) is 1. The number of aryl methyl sites for hydroxylation is 1. The van der Waals surface area contributed by atoms with Crippen LogP contribution in [0.2, 0.25) is 0 Å². The minimum Gasteiger partial charge on any atom is -0.491 e. The summed E-state index contributed by atoms with van der Waals surface area (Å²) >= 11 is 0. The molecule has 1 saturated heterocycles. The van der Waals surface area contributed by atoms with E-state index >= 15 is 0 Å². The van der Waals surface area contributed by atoms with E-state index in [-0.39, 0.29) is 24.2 Å². The number of benzene rings is 1. The average Bonchev–Trinajstić information content (AvgIpc) is 3.47. The number of amidine groups is 1. The third-order valence-corrected chi connectivity index (χ3v) is 7.03. The first-order chi connectivity index (χ1) is 17.5. The smallest absolute Gasteiger partial charge is 0.303 e. The average molecular weight is 507 g/mol. The van der Waals surface area contributed by atoms with Crippen LogP contribution in [-0.4, -0.2) is 58.8 Å². The normalized spacial score (nSPS) is 15.3. The standard InChI is InChI=1S/C29H38N4O4/c1-19-10-11-20-17-33(28(30)26(20)31-19)18-24(34)21-15-22(29(2,3)4)27(37-14-8-5-9-25(35)36)23(16-21)32-12-6-7-13-32/h10-11,15-16,30H,5-9,12-14,17-18H2,1-4H3,(H,35,36). The molecule has 3 heterocycles. The molecule has 1 fully saturated rings. The van der Waals surface area contributed by atoms with Crippen LogP contribution >= 0.6 is 0 Å². The summed E-state index contributed by atoms with van der Waals surface area (Å²) in [6, 6.07) is 7.83. The van der Waals surface area contributed by atoms with Crippen molar-refractivity contribution in [2.45, 2.75) is 71.8 Å². The van der Waals surface area contributed by atoms with Gasteiger partial charge in [0.2, 0.25) is 0 Å². The van der Waals surface area contributed by atoms with Crippen molar-refractivity contribution in [2.75, 3.05) is 31.1 Å². The van der Waals surface area contributed by atoms with E-state index < -0.39 is 5.97 Å². The van der Waals surface area contributed by atoms with Gasteiger partial charge in [0.15, 0.2) is 5.78 Å². The molecule has 0 spiro atoms. The molecule has 1 aromatic carbocycles. The van der Waals surface area contributed by atoms with Crippen LogP contribution in [0.3, 0.4) is 0 Å². The minimum absolute atomic E-state index is 0.0340. The van der Waals surface area contributed by atoms with Gasteiger partial charge in [-0.1, -0.05) is 26.8 Å². The Morgan fingerprint density at radius 1 is 1.14 bits per heavy atom. The van der Waals surface area contributed by atoms with Gasteiger partial charge in [-0.3, -0.25) is 15.0 Å². The molecule has 2 N–H and O–H groups in total. The number of Topliss-reactive ketones (excluding diaryl/α,β-unsaturated/α-hetero) is 1. The predicted molar refractivity (Wildman–Crippen MR) is 144 cm³/mol. The number of nitrogens with one attached hydrogen (secondary N) is 1. The molecular formula is C29H38N4O4. The van der Waals surface area contributed by atoms with Crippen molar-refractivity contribution < 1.29 is 19.4 Å². The highest BCUT2D eigenvalue weighted by molar-refractivity contribution is 6.05. The van der Waals surface area contributed by atoms with E-state index in [9.17, 15) is 9.59 Å². The van der Waals surface area contributed by atoms with Crippen LogP contribution in [0.15, 0.2) is 24.3 Å². The Morgan fingerprint density at radius 2 is 1.86 bits per heavy atom. The maximum atomic E-state index is 13.6. The lowest BCUT2D eigenvalue weighted by Gasteiger charge is -2.30. The number of ketones is 1. The molecule has 8 heteroatoms. The van der Waals surface area contributed by atoms with Gasteiger partial charge in [-0.25, -0.2) is 4.98 Å². The minimum atomic E-state index is -0.795. The van der Waals surface area contributed by atoms with Crippen LogP contribution in [0.25, 0.3) is 0 Å². The van der Waals surface area contributed by atoms with Gasteiger partial charge in [-0.2, -0.15) is 0 Å². The first-order valence-electron chi connectivity index (χ1n) is 13.2. The van der Waals surface area contributed by atoms with Gasteiger partial charge in [0.1, 0.15) is 17.3 Å². The highest BCUT2D eigenvalue weighted by Crippen LogP contribution is 2.42. The highest BCUT2D eigenvalue weighted by Gasteiger charge is 2.31. The molecule has 2 aliphatic rings. The summed E-state index contributed by atoms with van der Waals surface area (Å²) in [4.78, 5) is 33.1. The summed E-state index contributed by atoms with van der Waals surface area (Å²) < 4.78 is 6.33. The number of pyridine rings is 1. The SMILES string of the molecule is Cc1ccc2c(n1)C(=N)N(CC(=O)c1cc(N3CCCC3)c(OCCCCC(=O)O)c(C(C)(C)C)c1)C2. The first kappa shape index (κ1) is 26.6. The number of anilines is 1. The molecule has 0 unspecified atom stereocenters. The van der Waals surface area contributed by atoms with Gasteiger partial charge in [0.05, 0.1) is 18.8 Å². The summed E-state index contributed by atoms with van der Waals surface area (Å²) in [5.74, 6) is 0.260. The van der Waals surface area contributed by atoms with Gasteiger partial charge >= 0.3 is 5.97 Å². The summed E-state index contributed by atoms with van der Waals surface area (Å²) in [6.07, 6.45) is 3.54. The Morgan fingerprint density at radius 3 is 2.54 bits per heavy atom. The van der Waals surface area contributed by atoms with Gasteiger partial charge in [0.25, 0.3) is 0 Å². The zero-order chi connectivity index (χ0) is 26.7. The second-order valence-corrected chi connectivity index (χ2v) is 11.1. The lowest BCUT2D eigenvalue weighted by molar-refractivity contribution is -0.137. The van der Waals surface area contributed by atoms with E-state index in [2.05, 4.69) is 30.7 Å². The molecule has 0 amide bonds. The molecule has 8 nitrogen and oxygen atoms in total. The van der Waals surface area contributed by atoms with E-state index in [4.69, 9.17) is 15.3 Å². The van der Waals surface area contributed by atoms with Crippen LogP contribution < -0.4 is 9.64 Å². The number of rotatable bonds is 10. The molecule has 0 radical (unpaired) electrons. The molecule has 1 aromatic heterocycles. The van der Waals surface area contributed by atoms with Crippen molar-refractivity contribution in [3.8, 4) is 5.75 Å². The number of carbonyl (C=O) groups excluding carboxylic acids is 1. The summed E-state index contributed by atoms with van der Waals surface area (Å²) in [7, 11) is 0. The van der Waals surface area contributed by atoms with E-state index in [1.165, 1.54) is 0 Å². The summed E-state index contributed by atoms with van der Waals surface area (Å²) in [6.45, 7) is 11.1. The molecule has 198 valence electrons. The fraction of sp³-hybridized carbons (Fsp3) is 0.517. The van der Waals surface area contributed by atoms with Crippen LogP contribution in [0.1, 0.15) is 85.7 Å². The van der Waals surface area contributed by atoms with Crippen molar-refractivity contribution in [1.29, 1.82) is 5.41 Å². The number of nitrogens with zero attached hydrogens (tertiary/aromatic N) is 3. The number of aromatic nitrogens is 1. The molecule has 0 saturated carbocycles. The van der Waals surface area contributed by atoms with E-state index in [0.717, 1.165) is 54.2 Å². The maximum Gasteiger partial charge on any atom is 0.303 e. The van der Waals surface area contributed by atoms with Crippen LogP contribution in [0, 0.1) is 12.3 Å². The van der Waals surface area contributed by atoms with Gasteiger partial charge in [0, 0.05) is 48.4 Å². The predicted octanol–water partition coefficient (Wildman–Crippen LogP) is 4.95. The number of hydrogen-bond donors (Lipinski definition) is 2. The molecule has 0 bridgehead atoms. The van der Waals surface area contributed by atoms with E-state index in [1.54, 1.807) is 4.90 Å². The van der Waals surface area contributed by atoms with Crippen molar-refractivity contribution in [3.63, 3.8) is 0 Å². The largest absolute Gasteiger partial charge is 0.491 e. The molecule has 37 heavy (non-hydrogen) atoms. The molecule has 0 aliphatic carbocycles. The zero-order valence-corrected chi connectivity index (χ0v) is 22.4. The summed E-state index contributed by atoms with van der Waals surface area (Å²) in [5.41, 5.74) is 4.76. The Kier molecular flexibility index (Phi) is 7.85.